The van der Waals surface area contributed by atoms with Gasteiger partial charge in [0.2, 0.25) is 0 Å². The Hall–Kier alpha value is -2.72. The lowest BCUT2D eigenvalue weighted by Gasteiger charge is -2.32. The van der Waals surface area contributed by atoms with E-state index in [4.69, 9.17) is 15.0 Å². The highest BCUT2D eigenvalue weighted by Crippen LogP contribution is 2.37. The standard InChI is InChI=1S/C19H23BFN3O5/c1-18(2)19(3,4)29-20(28-18)11-9-7-8-10(13(11)21)14-12(15(22)25)16(26)24(6)17(27)23(14)5/h7-9H,1-6H3,(H2,22,25). The number of carbonyl (C=O) groups is 1. The van der Waals surface area contributed by atoms with Crippen molar-refractivity contribution in [3.05, 3.63) is 50.4 Å². The van der Waals surface area contributed by atoms with Crippen LogP contribution in [0.4, 0.5) is 4.39 Å². The Morgan fingerprint density at radius 3 is 2.14 bits per heavy atom. The summed E-state index contributed by atoms with van der Waals surface area (Å²) in [4.78, 5) is 36.8. The molecular weight excluding hydrogens is 380 g/mol. The van der Waals surface area contributed by atoms with Gasteiger partial charge in [-0.1, -0.05) is 12.1 Å². The summed E-state index contributed by atoms with van der Waals surface area (Å²) in [6, 6.07) is 4.39. The van der Waals surface area contributed by atoms with Crippen LogP contribution in [0, 0.1) is 5.82 Å². The number of halogens is 1. The highest BCUT2D eigenvalue weighted by molar-refractivity contribution is 6.62. The van der Waals surface area contributed by atoms with Crippen molar-refractivity contribution in [1.29, 1.82) is 0 Å². The molecule has 1 aromatic carbocycles. The molecule has 0 radical (unpaired) electrons. The number of nitrogens with two attached hydrogens (primary N) is 1. The van der Waals surface area contributed by atoms with Crippen LogP contribution < -0.4 is 22.4 Å². The van der Waals surface area contributed by atoms with E-state index in [-0.39, 0.29) is 16.7 Å². The number of primary amides is 1. The molecule has 3 rings (SSSR count). The van der Waals surface area contributed by atoms with Crippen molar-refractivity contribution in [2.75, 3.05) is 0 Å². The Bertz CT molecular complexity index is 1120. The van der Waals surface area contributed by atoms with E-state index in [0.717, 1.165) is 9.13 Å². The predicted molar refractivity (Wildman–Crippen MR) is 107 cm³/mol. The average Bonchev–Trinajstić information content (AvgIpc) is 2.83. The van der Waals surface area contributed by atoms with E-state index in [1.54, 1.807) is 0 Å². The van der Waals surface area contributed by atoms with E-state index in [1.807, 2.05) is 27.7 Å². The minimum atomic E-state index is -1.06. The molecule has 0 atom stereocenters. The first-order valence-corrected chi connectivity index (χ1v) is 9.04. The summed E-state index contributed by atoms with van der Waals surface area (Å²) in [5, 5.41) is 0. The molecule has 10 heteroatoms. The van der Waals surface area contributed by atoms with Gasteiger partial charge in [0.25, 0.3) is 11.5 Å². The van der Waals surface area contributed by atoms with Crippen LogP contribution in [0.25, 0.3) is 11.3 Å². The van der Waals surface area contributed by atoms with E-state index in [9.17, 15) is 14.4 Å². The zero-order chi connectivity index (χ0) is 21.9. The second-order valence-electron chi connectivity index (χ2n) is 8.09. The number of hydrogen-bond acceptors (Lipinski definition) is 5. The second-order valence-corrected chi connectivity index (χ2v) is 8.09. The predicted octanol–water partition coefficient (Wildman–Crippen LogP) is 0.288. The Morgan fingerprint density at radius 1 is 1.07 bits per heavy atom. The highest BCUT2D eigenvalue weighted by atomic mass is 19.1. The quantitative estimate of drug-likeness (QED) is 0.742. The monoisotopic (exact) mass is 403 g/mol. The molecule has 0 unspecified atom stereocenters. The first kappa shape index (κ1) is 21.0. The normalized spacial score (nSPS) is 17.6. The summed E-state index contributed by atoms with van der Waals surface area (Å²) in [6.07, 6.45) is 0. The van der Waals surface area contributed by atoms with E-state index in [1.165, 1.54) is 32.3 Å². The van der Waals surface area contributed by atoms with Crippen molar-refractivity contribution in [1.82, 2.24) is 9.13 Å². The summed E-state index contributed by atoms with van der Waals surface area (Å²) < 4.78 is 29.2. The molecule has 154 valence electrons. The van der Waals surface area contributed by atoms with Crippen molar-refractivity contribution in [2.45, 2.75) is 38.9 Å². The van der Waals surface area contributed by atoms with Crippen LogP contribution in [-0.2, 0) is 23.4 Å². The third-order valence-corrected chi connectivity index (χ3v) is 5.70. The van der Waals surface area contributed by atoms with Gasteiger partial charge in [-0.25, -0.2) is 9.18 Å². The van der Waals surface area contributed by atoms with Gasteiger partial charge in [0, 0.05) is 25.1 Å². The lowest BCUT2D eigenvalue weighted by molar-refractivity contribution is 0.00578. The Kier molecular flexibility index (Phi) is 4.83. The van der Waals surface area contributed by atoms with Gasteiger partial charge in [-0.2, -0.15) is 0 Å². The summed E-state index contributed by atoms with van der Waals surface area (Å²) in [5.41, 5.74) is 1.70. The maximum atomic E-state index is 15.6. The Labute approximate surface area is 167 Å². The Balaban J connectivity index is 2.27. The van der Waals surface area contributed by atoms with Crippen molar-refractivity contribution < 1.29 is 18.5 Å². The fourth-order valence-electron chi connectivity index (χ4n) is 3.27. The molecule has 0 saturated carbocycles. The first-order valence-electron chi connectivity index (χ1n) is 9.04. The maximum absolute atomic E-state index is 15.6. The molecule has 1 aliphatic rings. The van der Waals surface area contributed by atoms with Crippen molar-refractivity contribution in [3.8, 4) is 11.3 Å². The number of carbonyl (C=O) groups excluding carboxylic acids is 1. The van der Waals surface area contributed by atoms with Crippen LogP contribution >= 0.6 is 0 Å². The topological polar surface area (TPSA) is 106 Å². The van der Waals surface area contributed by atoms with Gasteiger partial charge in [-0.05, 0) is 33.8 Å². The number of nitrogens with zero attached hydrogens (tertiary/aromatic N) is 2. The molecular formula is C19H23BFN3O5. The summed E-state index contributed by atoms with van der Waals surface area (Å²) >= 11 is 0. The minimum Gasteiger partial charge on any atom is -0.399 e. The molecule has 2 heterocycles. The molecule has 2 aromatic rings. The number of hydrogen-bond donors (Lipinski definition) is 1. The molecule has 8 nitrogen and oxygen atoms in total. The fraction of sp³-hybridized carbons (Fsp3) is 0.421. The van der Waals surface area contributed by atoms with Crippen molar-refractivity contribution >= 4 is 18.5 Å². The zero-order valence-electron chi connectivity index (χ0n) is 17.2. The smallest absolute Gasteiger partial charge is 0.399 e. The van der Waals surface area contributed by atoms with Gasteiger partial charge in [0.15, 0.2) is 0 Å². The van der Waals surface area contributed by atoms with E-state index < -0.39 is 46.9 Å². The SMILES string of the molecule is Cn1c(-c2cccc(B3OC(C)(C)C(C)(C)O3)c2F)c(C(N)=O)c(=O)n(C)c1=O. The molecule has 1 amide bonds. The van der Waals surface area contributed by atoms with Crippen molar-refractivity contribution in [2.24, 2.45) is 19.8 Å². The molecule has 0 bridgehead atoms. The van der Waals surface area contributed by atoms with Crippen LogP contribution in [0.5, 0.6) is 0 Å². The van der Waals surface area contributed by atoms with E-state index >= 15 is 4.39 Å². The van der Waals surface area contributed by atoms with Crippen LogP contribution in [0.3, 0.4) is 0 Å². The van der Waals surface area contributed by atoms with Crippen LogP contribution in [0.1, 0.15) is 38.1 Å². The molecule has 1 saturated heterocycles. The lowest BCUT2D eigenvalue weighted by atomic mass is 9.77. The molecule has 1 aliphatic heterocycles. The van der Waals surface area contributed by atoms with Crippen LogP contribution in [0.15, 0.2) is 27.8 Å². The zero-order valence-corrected chi connectivity index (χ0v) is 17.2. The number of benzene rings is 1. The number of rotatable bonds is 3. The second kappa shape index (κ2) is 6.67. The summed E-state index contributed by atoms with van der Waals surface area (Å²) in [5.74, 6) is -1.83. The third-order valence-electron chi connectivity index (χ3n) is 5.70. The van der Waals surface area contributed by atoms with Crippen LogP contribution in [-0.4, -0.2) is 33.4 Å². The molecule has 0 spiro atoms. The van der Waals surface area contributed by atoms with Gasteiger partial charge in [-0.3, -0.25) is 18.7 Å². The highest BCUT2D eigenvalue weighted by Gasteiger charge is 2.52. The van der Waals surface area contributed by atoms with Gasteiger partial charge in [0.1, 0.15) is 11.4 Å². The van der Waals surface area contributed by atoms with Gasteiger partial charge in [-0.15, -0.1) is 0 Å². The van der Waals surface area contributed by atoms with Gasteiger partial charge >= 0.3 is 12.8 Å². The average molecular weight is 403 g/mol. The van der Waals surface area contributed by atoms with Gasteiger partial charge in [0.05, 0.1) is 16.9 Å². The summed E-state index contributed by atoms with van der Waals surface area (Å²) in [6.45, 7) is 7.35. The van der Waals surface area contributed by atoms with Gasteiger partial charge < -0.3 is 15.0 Å². The molecule has 0 aliphatic carbocycles. The number of aromatic nitrogens is 2. The molecule has 1 aromatic heterocycles. The third kappa shape index (κ3) is 3.12. The molecule has 2 N–H and O–H groups in total. The lowest BCUT2D eigenvalue weighted by Crippen LogP contribution is -2.43. The molecule has 1 fully saturated rings. The number of amides is 1. The first-order chi connectivity index (χ1) is 13.3. The Morgan fingerprint density at radius 2 is 1.62 bits per heavy atom. The van der Waals surface area contributed by atoms with E-state index in [0.29, 0.717) is 0 Å². The van der Waals surface area contributed by atoms with Crippen LogP contribution in [0.2, 0.25) is 0 Å². The maximum Gasteiger partial charge on any atom is 0.497 e. The van der Waals surface area contributed by atoms with E-state index in [2.05, 4.69) is 0 Å². The fourth-order valence-corrected chi connectivity index (χ4v) is 3.27. The van der Waals surface area contributed by atoms with Crippen molar-refractivity contribution in [3.63, 3.8) is 0 Å². The summed E-state index contributed by atoms with van der Waals surface area (Å²) in [7, 11) is 1.56. The minimum absolute atomic E-state index is 0.0877. The molecule has 29 heavy (non-hydrogen) atoms. The largest absolute Gasteiger partial charge is 0.497 e.